The Bertz CT molecular complexity index is 681. The second-order valence-electron chi connectivity index (χ2n) is 7.05. The van der Waals surface area contributed by atoms with Gasteiger partial charge in [0.1, 0.15) is 0 Å². The van der Waals surface area contributed by atoms with Gasteiger partial charge in [0.2, 0.25) is 0 Å². The standard InChI is InChI=1S/C20H27N3O2/c1-15(18-8-10-21-11-9-18)23-19(24)22-13-16-6-5-7-17(12-16)14-25-20(2,3)4/h5-12,15H,13-14H2,1-4H3,(H2,22,23,24)/t15-/m1/s1. The highest BCUT2D eigenvalue weighted by Crippen LogP contribution is 2.13. The normalized spacial score (nSPS) is 12.5. The fourth-order valence-corrected chi connectivity index (χ4v) is 2.29. The zero-order valence-electron chi connectivity index (χ0n) is 15.4. The molecule has 25 heavy (non-hydrogen) atoms. The van der Waals surface area contributed by atoms with E-state index in [9.17, 15) is 4.79 Å². The van der Waals surface area contributed by atoms with E-state index < -0.39 is 0 Å². The SMILES string of the molecule is C[C@@H](NC(=O)NCc1cccc(COC(C)(C)C)c1)c1ccncc1. The highest BCUT2D eigenvalue weighted by molar-refractivity contribution is 5.74. The number of nitrogens with one attached hydrogen (secondary N) is 2. The van der Waals surface area contributed by atoms with E-state index in [1.165, 1.54) is 0 Å². The van der Waals surface area contributed by atoms with Crippen molar-refractivity contribution in [2.75, 3.05) is 0 Å². The minimum Gasteiger partial charge on any atom is -0.371 e. The van der Waals surface area contributed by atoms with Gasteiger partial charge in [0, 0.05) is 18.9 Å². The minimum absolute atomic E-state index is 0.0745. The summed E-state index contributed by atoms with van der Waals surface area (Å²) >= 11 is 0. The molecular weight excluding hydrogens is 314 g/mol. The summed E-state index contributed by atoms with van der Waals surface area (Å²) in [6.45, 7) is 9.08. The number of carbonyl (C=O) groups is 1. The van der Waals surface area contributed by atoms with Crippen molar-refractivity contribution in [2.45, 2.75) is 52.5 Å². The first-order valence-electron chi connectivity index (χ1n) is 8.49. The predicted molar refractivity (Wildman–Crippen MR) is 99.0 cm³/mol. The van der Waals surface area contributed by atoms with E-state index >= 15 is 0 Å². The van der Waals surface area contributed by atoms with Gasteiger partial charge in [0.25, 0.3) is 0 Å². The van der Waals surface area contributed by atoms with Crippen molar-refractivity contribution < 1.29 is 9.53 Å². The molecule has 2 aromatic rings. The highest BCUT2D eigenvalue weighted by Gasteiger charge is 2.11. The maximum atomic E-state index is 12.1. The third-order valence-electron chi connectivity index (χ3n) is 3.67. The Hall–Kier alpha value is -2.40. The van der Waals surface area contributed by atoms with Crippen molar-refractivity contribution in [3.8, 4) is 0 Å². The smallest absolute Gasteiger partial charge is 0.315 e. The van der Waals surface area contributed by atoms with Gasteiger partial charge < -0.3 is 15.4 Å². The van der Waals surface area contributed by atoms with Crippen LogP contribution in [0.25, 0.3) is 0 Å². The van der Waals surface area contributed by atoms with Crippen LogP contribution < -0.4 is 10.6 Å². The summed E-state index contributed by atoms with van der Waals surface area (Å²) in [5.74, 6) is 0. The molecule has 0 saturated heterocycles. The summed E-state index contributed by atoms with van der Waals surface area (Å²) < 4.78 is 5.79. The van der Waals surface area contributed by atoms with Crippen LogP contribution in [0.15, 0.2) is 48.8 Å². The lowest BCUT2D eigenvalue weighted by Gasteiger charge is -2.19. The summed E-state index contributed by atoms with van der Waals surface area (Å²) in [5.41, 5.74) is 2.99. The van der Waals surface area contributed by atoms with Crippen LogP contribution >= 0.6 is 0 Å². The van der Waals surface area contributed by atoms with Gasteiger partial charge in [-0.25, -0.2) is 4.79 Å². The molecule has 5 nitrogen and oxygen atoms in total. The van der Waals surface area contributed by atoms with E-state index in [-0.39, 0.29) is 17.7 Å². The first-order chi connectivity index (χ1) is 11.8. The molecule has 0 spiro atoms. The van der Waals surface area contributed by atoms with Crippen LogP contribution in [-0.2, 0) is 17.9 Å². The zero-order valence-corrected chi connectivity index (χ0v) is 15.4. The molecule has 0 bridgehead atoms. The quantitative estimate of drug-likeness (QED) is 0.836. The maximum absolute atomic E-state index is 12.1. The van der Waals surface area contributed by atoms with E-state index in [2.05, 4.69) is 21.7 Å². The Labute approximate surface area is 149 Å². The third-order valence-corrected chi connectivity index (χ3v) is 3.67. The number of nitrogens with zero attached hydrogens (tertiary/aromatic N) is 1. The summed E-state index contributed by atoms with van der Waals surface area (Å²) in [5, 5.41) is 5.82. The fraction of sp³-hybridized carbons (Fsp3) is 0.400. The molecule has 0 aliphatic rings. The van der Waals surface area contributed by atoms with E-state index in [1.54, 1.807) is 12.4 Å². The molecule has 0 saturated carbocycles. The van der Waals surface area contributed by atoms with Crippen LogP contribution in [0.5, 0.6) is 0 Å². The molecule has 2 N–H and O–H groups in total. The van der Waals surface area contributed by atoms with Crippen molar-refractivity contribution in [3.05, 3.63) is 65.5 Å². The topological polar surface area (TPSA) is 63.2 Å². The lowest BCUT2D eigenvalue weighted by molar-refractivity contribution is -0.0149. The molecule has 0 radical (unpaired) electrons. The van der Waals surface area contributed by atoms with Crippen LogP contribution in [0, 0.1) is 0 Å². The van der Waals surface area contributed by atoms with E-state index in [0.717, 1.165) is 16.7 Å². The number of amides is 2. The van der Waals surface area contributed by atoms with Gasteiger partial charge in [-0.2, -0.15) is 0 Å². The largest absolute Gasteiger partial charge is 0.371 e. The third kappa shape index (κ3) is 6.93. The molecule has 1 heterocycles. The van der Waals surface area contributed by atoms with Crippen LogP contribution in [0.2, 0.25) is 0 Å². The molecule has 0 fully saturated rings. The van der Waals surface area contributed by atoms with E-state index in [0.29, 0.717) is 13.2 Å². The molecular formula is C20H27N3O2. The Balaban J connectivity index is 1.83. The van der Waals surface area contributed by atoms with E-state index in [1.807, 2.05) is 58.0 Å². The second kappa shape index (κ2) is 8.62. The maximum Gasteiger partial charge on any atom is 0.315 e. The summed E-state index contributed by atoms with van der Waals surface area (Å²) in [7, 11) is 0. The summed E-state index contributed by atoms with van der Waals surface area (Å²) in [6.07, 6.45) is 3.44. The number of hydrogen-bond donors (Lipinski definition) is 2. The number of pyridine rings is 1. The number of ether oxygens (including phenoxy) is 1. The molecule has 5 heteroatoms. The molecule has 0 unspecified atom stereocenters. The van der Waals surface area contributed by atoms with E-state index in [4.69, 9.17) is 4.74 Å². The van der Waals surface area contributed by atoms with Gasteiger partial charge in [-0.1, -0.05) is 24.3 Å². The minimum atomic E-state index is -0.194. The van der Waals surface area contributed by atoms with Crippen molar-refractivity contribution in [2.24, 2.45) is 0 Å². The average molecular weight is 341 g/mol. The number of aromatic nitrogens is 1. The zero-order chi connectivity index (χ0) is 18.3. The molecule has 2 amide bonds. The van der Waals surface area contributed by atoms with Crippen molar-refractivity contribution in [1.82, 2.24) is 15.6 Å². The van der Waals surface area contributed by atoms with Gasteiger partial charge in [-0.05, 0) is 56.5 Å². The second-order valence-corrected chi connectivity index (χ2v) is 7.05. The fourth-order valence-electron chi connectivity index (χ4n) is 2.29. The van der Waals surface area contributed by atoms with Gasteiger partial charge in [0.15, 0.2) is 0 Å². The molecule has 0 aliphatic heterocycles. The number of urea groups is 1. The average Bonchev–Trinajstić information content (AvgIpc) is 2.59. The van der Waals surface area contributed by atoms with Crippen LogP contribution in [0.4, 0.5) is 4.79 Å². The lowest BCUT2D eigenvalue weighted by atomic mass is 10.1. The van der Waals surface area contributed by atoms with Gasteiger partial charge in [-0.3, -0.25) is 4.98 Å². The summed E-state index contributed by atoms with van der Waals surface area (Å²) in [6, 6.07) is 11.6. The van der Waals surface area contributed by atoms with Crippen LogP contribution in [0.1, 0.15) is 50.4 Å². The molecule has 0 aliphatic carbocycles. The van der Waals surface area contributed by atoms with Crippen molar-refractivity contribution in [3.63, 3.8) is 0 Å². The molecule has 134 valence electrons. The van der Waals surface area contributed by atoms with Gasteiger partial charge >= 0.3 is 6.03 Å². The Morgan fingerprint density at radius 3 is 2.52 bits per heavy atom. The Kier molecular flexibility index (Phi) is 6.53. The molecule has 1 aromatic carbocycles. The molecule has 2 rings (SSSR count). The number of hydrogen-bond acceptors (Lipinski definition) is 3. The number of carbonyl (C=O) groups excluding carboxylic acids is 1. The first kappa shape index (κ1) is 18.9. The first-order valence-corrected chi connectivity index (χ1v) is 8.49. The van der Waals surface area contributed by atoms with Gasteiger partial charge in [-0.15, -0.1) is 0 Å². The highest BCUT2D eigenvalue weighted by atomic mass is 16.5. The number of benzene rings is 1. The van der Waals surface area contributed by atoms with Crippen molar-refractivity contribution in [1.29, 1.82) is 0 Å². The monoisotopic (exact) mass is 341 g/mol. The predicted octanol–water partition coefficient (Wildman–Crippen LogP) is 3.96. The van der Waals surface area contributed by atoms with Crippen LogP contribution in [0.3, 0.4) is 0 Å². The number of rotatable bonds is 6. The molecule has 1 aromatic heterocycles. The lowest BCUT2D eigenvalue weighted by Crippen LogP contribution is -2.36. The Morgan fingerprint density at radius 1 is 1.16 bits per heavy atom. The Morgan fingerprint density at radius 2 is 1.84 bits per heavy atom. The van der Waals surface area contributed by atoms with Crippen LogP contribution in [-0.4, -0.2) is 16.6 Å². The summed E-state index contributed by atoms with van der Waals surface area (Å²) in [4.78, 5) is 16.1. The van der Waals surface area contributed by atoms with Gasteiger partial charge in [0.05, 0.1) is 18.2 Å². The molecule has 1 atom stereocenters. The van der Waals surface area contributed by atoms with Crippen molar-refractivity contribution >= 4 is 6.03 Å².